The lowest BCUT2D eigenvalue weighted by Gasteiger charge is -2.15. The lowest BCUT2D eigenvalue weighted by Crippen LogP contribution is -2.18. The van der Waals surface area contributed by atoms with Gasteiger partial charge in [-0.05, 0) is 31.5 Å². The molecule has 3 aromatic rings. The summed E-state index contributed by atoms with van der Waals surface area (Å²) in [6.07, 6.45) is 8.33. The number of hydrogen-bond donors (Lipinski definition) is 2. The second-order valence-corrected chi connectivity index (χ2v) is 4.98. The molecule has 6 heteroatoms. The van der Waals surface area contributed by atoms with E-state index in [0.29, 0.717) is 6.04 Å². The standard InChI is InChI=1S/C15H18N6/c1-12(6-10-21-9-4-8-18-21)19-14-11-17-20-15(14)13-5-2-3-7-16-13/h2-5,7-9,11-12,19H,6,10H2,1H3,(H,17,20)/t12-/m0/s1. The lowest BCUT2D eigenvalue weighted by molar-refractivity contribution is 0.546. The summed E-state index contributed by atoms with van der Waals surface area (Å²) in [4.78, 5) is 4.35. The van der Waals surface area contributed by atoms with Crippen molar-refractivity contribution in [1.29, 1.82) is 0 Å². The van der Waals surface area contributed by atoms with Crippen LogP contribution in [0.2, 0.25) is 0 Å². The highest BCUT2D eigenvalue weighted by Gasteiger charge is 2.11. The van der Waals surface area contributed by atoms with E-state index in [2.05, 4.69) is 32.5 Å². The van der Waals surface area contributed by atoms with Crippen LogP contribution < -0.4 is 5.32 Å². The predicted octanol–water partition coefficient (Wildman–Crippen LogP) is 2.56. The van der Waals surface area contributed by atoms with Gasteiger partial charge in [0.05, 0.1) is 17.6 Å². The zero-order valence-electron chi connectivity index (χ0n) is 11.9. The van der Waals surface area contributed by atoms with Crippen LogP contribution in [0.5, 0.6) is 0 Å². The van der Waals surface area contributed by atoms with Gasteiger partial charge in [-0.2, -0.15) is 10.2 Å². The highest BCUT2D eigenvalue weighted by atomic mass is 15.3. The Morgan fingerprint density at radius 3 is 3.00 bits per heavy atom. The van der Waals surface area contributed by atoms with Crippen molar-refractivity contribution in [3.63, 3.8) is 0 Å². The fourth-order valence-corrected chi connectivity index (χ4v) is 2.20. The lowest BCUT2D eigenvalue weighted by atomic mass is 10.2. The maximum Gasteiger partial charge on any atom is 0.107 e. The molecule has 0 aliphatic heterocycles. The van der Waals surface area contributed by atoms with E-state index < -0.39 is 0 Å². The van der Waals surface area contributed by atoms with Gasteiger partial charge >= 0.3 is 0 Å². The number of aromatic nitrogens is 5. The maximum atomic E-state index is 4.35. The van der Waals surface area contributed by atoms with E-state index in [1.807, 2.05) is 35.1 Å². The molecule has 3 heterocycles. The zero-order chi connectivity index (χ0) is 14.5. The fraction of sp³-hybridized carbons (Fsp3) is 0.267. The average molecular weight is 282 g/mol. The van der Waals surface area contributed by atoms with Crippen molar-refractivity contribution in [2.45, 2.75) is 25.9 Å². The van der Waals surface area contributed by atoms with Crippen LogP contribution in [0.4, 0.5) is 5.69 Å². The summed E-state index contributed by atoms with van der Waals surface area (Å²) < 4.78 is 1.94. The number of aromatic amines is 1. The molecule has 0 unspecified atom stereocenters. The minimum Gasteiger partial charge on any atom is -0.379 e. The second kappa shape index (κ2) is 6.21. The van der Waals surface area contributed by atoms with Crippen molar-refractivity contribution in [1.82, 2.24) is 25.0 Å². The third-order valence-electron chi connectivity index (χ3n) is 3.31. The molecule has 3 aromatic heterocycles. The van der Waals surface area contributed by atoms with Gasteiger partial charge in [0, 0.05) is 31.2 Å². The summed E-state index contributed by atoms with van der Waals surface area (Å²) in [6, 6.07) is 8.09. The quantitative estimate of drug-likeness (QED) is 0.729. The van der Waals surface area contributed by atoms with E-state index in [-0.39, 0.29) is 0 Å². The van der Waals surface area contributed by atoms with Crippen LogP contribution in [0.3, 0.4) is 0 Å². The van der Waals surface area contributed by atoms with Gasteiger partial charge < -0.3 is 5.32 Å². The molecule has 0 aliphatic carbocycles. The first-order chi connectivity index (χ1) is 10.3. The van der Waals surface area contributed by atoms with E-state index in [9.17, 15) is 0 Å². The molecule has 1 atom stereocenters. The molecule has 0 saturated carbocycles. The molecule has 6 nitrogen and oxygen atoms in total. The van der Waals surface area contributed by atoms with Crippen molar-refractivity contribution < 1.29 is 0 Å². The van der Waals surface area contributed by atoms with Gasteiger partial charge in [-0.15, -0.1) is 0 Å². The number of nitrogens with zero attached hydrogens (tertiary/aromatic N) is 4. The molecule has 0 fully saturated rings. The minimum atomic E-state index is 0.314. The molecular weight excluding hydrogens is 264 g/mol. The number of rotatable bonds is 6. The first-order valence-electron chi connectivity index (χ1n) is 7.01. The van der Waals surface area contributed by atoms with Crippen molar-refractivity contribution >= 4 is 5.69 Å². The SMILES string of the molecule is C[C@@H](CCn1cccn1)Nc1cn[nH]c1-c1ccccn1. The number of nitrogens with one attached hydrogen (secondary N) is 2. The largest absolute Gasteiger partial charge is 0.379 e. The highest BCUT2D eigenvalue weighted by molar-refractivity contribution is 5.70. The monoisotopic (exact) mass is 282 g/mol. The molecule has 0 saturated heterocycles. The summed E-state index contributed by atoms with van der Waals surface area (Å²) in [5, 5.41) is 14.8. The first kappa shape index (κ1) is 13.4. The molecule has 2 N–H and O–H groups in total. The molecule has 0 amide bonds. The van der Waals surface area contributed by atoms with Crippen LogP contribution >= 0.6 is 0 Å². The minimum absolute atomic E-state index is 0.314. The third-order valence-corrected chi connectivity index (χ3v) is 3.31. The molecule has 0 radical (unpaired) electrons. The Morgan fingerprint density at radius 2 is 2.24 bits per heavy atom. The number of pyridine rings is 1. The van der Waals surface area contributed by atoms with Gasteiger partial charge in [0.15, 0.2) is 0 Å². The van der Waals surface area contributed by atoms with E-state index >= 15 is 0 Å². The maximum absolute atomic E-state index is 4.35. The molecule has 0 aliphatic rings. The second-order valence-electron chi connectivity index (χ2n) is 4.98. The Kier molecular flexibility index (Phi) is 3.95. The smallest absolute Gasteiger partial charge is 0.107 e. The number of aryl methyl sites for hydroxylation is 1. The Morgan fingerprint density at radius 1 is 1.29 bits per heavy atom. The van der Waals surface area contributed by atoms with Crippen LogP contribution in [-0.4, -0.2) is 31.0 Å². The molecule has 0 aromatic carbocycles. The van der Waals surface area contributed by atoms with Crippen LogP contribution in [0.25, 0.3) is 11.4 Å². The van der Waals surface area contributed by atoms with E-state index in [1.165, 1.54) is 0 Å². The average Bonchev–Trinajstić information content (AvgIpc) is 3.17. The Balaban J connectivity index is 1.64. The molecule has 21 heavy (non-hydrogen) atoms. The normalized spacial score (nSPS) is 12.2. The molecule has 108 valence electrons. The van der Waals surface area contributed by atoms with E-state index in [0.717, 1.165) is 30.0 Å². The number of hydrogen-bond acceptors (Lipinski definition) is 4. The fourth-order valence-electron chi connectivity index (χ4n) is 2.20. The van der Waals surface area contributed by atoms with E-state index in [4.69, 9.17) is 0 Å². The third kappa shape index (κ3) is 3.28. The summed E-state index contributed by atoms with van der Waals surface area (Å²) in [5.74, 6) is 0. The van der Waals surface area contributed by atoms with Gasteiger partial charge in [-0.1, -0.05) is 6.07 Å². The molecule has 0 bridgehead atoms. The van der Waals surface area contributed by atoms with Gasteiger partial charge in [0.25, 0.3) is 0 Å². The van der Waals surface area contributed by atoms with Crippen molar-refractivity contribution in [3.8, 4) is 11.4 Å². The van der Waals surface area contributed by atoms with Crippen molar-refractivity contribution in [3.05, 3.63) is 49.1 Å². The summed E-state index contributed by atoms with van der Waals surface area (Å²) >= 11 is 0. The van der Waals surface area contributed by atoms with Crippen LogP contribution in [0, 0.1) is 0 Å². The van der Waals surface area contributed by atoms with Crippen molar-refractivity contribution in [2.75, 3.05) is 5.32 Å². The topological polar surface area (TPSA) is 71.4 Å². The number of H-pyrrole nitrogens is 1. The van der Waals surface area contributed by atoms with E-state index in [1.54, 1.807) is 18.6 Å². The zero-order valence-corrected chi connectivity index (χ0v) is 11.9. The van der Waals surface area contributed by atoms with Crippen LogP contribution in [0.1, 0.15) is 13.3 Å². The van der Waals surface area contributed by atoms with Gasteiger partial charge in [0.1, 0.15) is 5.69 Å². The van der Waals surface area contributed by atoms with Crippen LogP contribution in [0.15, 0.2) is 49.1 Å². The van der Waals surface area contributed by atoms with Crippen molar-refractivity contribution in [2.24, 2.45) is 0 Å². The predicted molar refractivity (Wildman–Crippen MR) is 81.7 cm³/mol. The molecular formula is C15H18N6. The molecule has 0 spiro atoms. The summed E-state index contributed by atoms with van der Waals surface area (Å²) in [7, 11) is 0. The first-order valence-corrected chi connectivity index (χ1v) is 7.01. The summed E-state index contributed by atoms with van der Waals surface area (Å²) in [5.41, 5.74) is 2.78. The van der Waals surface area contributed by atoms with Gasteiger partial charge in [-0.3, -0.25) is 14.8 Å². The molecule has 3 rings (SSSR count). The van der Waals surface area contributed by atoms with Gasteiger partial charge in [0.2, 0.25) is 0 Å². The Hall–Kier alpha value is -2.63. The van der Waals surface area contributed by atoms with Gasteiger partial charge in [-0.25, -0.2) is 0 Å². The van der Waals surface area contributed by atoms with Crippen LogP contribution in [-0.2, 0) is 6.54 Å². The highest BCUT2D eigenvalue weighted by Crippen LogP contribution is 2.24. The Bertz CT molecular complexity index is 659. The Labute approximate surface area is 123 Å². The summed E-state index contributed by atoms with van der Waals surface area (Å²) in [6.45, 7) is 3.04. The number of anilines is 1.